The number of carbonyl (C=O) groups is 3. The highest BCUT2D eigenvalue weighted by Gasteiger charge is 2.78. The molecular formula is C39H45N3O9. The molecule has 2 aromatic rings. The van der Waals surface area contributed by atoms with Crippen LogP contribution in [-0.2, 0) is 46.4 Å². The van der Waals surface area contributed by atoms with Crippen LogP contribution in [0.1, 0.15) is 61.6 Å². The number of hydroxylamine groups is 2. The number of phenols is 1. The van der Waals surface area contributed by atoms with Gasteiger partial charge >= 0.3 is 5.97 Å². The minimum absolute atomic E-state index is 0.0960. The average molecular weight is 700 g/mol. The molecule has 270 valence electrons. The summed E-state index contributed by atoms with van der Waals surface area (Å²) in [6.07, 6.45) is 7.20. The van der Waals surface area contributed by atoms with Gasteiger partial charge in [0.15, 0.2) is 11.8 Å². The molecule has 9 rings (SSSR count). The summed E-state index contributed by atoms with van der Waals surface area (Å²) in [5.41, 5.74) is 1.25. The summed E-state index contributed by atoms with van der Waals surface area (Å²) in [7, 11) is 0. The van der Waals surface area contributed by atoms with Gasteiger partial charge in [0.1, 0.15) is 41.6 Å². The van der Waals surface area contributed by atoms with Crippen LogP contribution in [0.3, 0.4) is 0 Å². The number of carbonyl (C=O) groups excluding carboxylic acids is 3. The number of allylic oxidation sites excluding steroid dienone is 1. The molecule has 7 atom stereocenters. The molecule has 0 radical (unpaired) electrons. The van der Waals surface area contributed by atoms with Gasteiger partial charge in [-0.1, -0.05) is 54.6 Å². The van der Waals surface area contributed by atoms with Crippen LogP contribution < -0.4 is 5.32 Å². The average Bonchev–Trinajstić information content (AvgIpc) is 4.05. The molecule has 3 N–H and O–H groups in total. The van der Waals surface area contributed by atoms with Gasteiger partial charge < -0.3 is 34.6 Å². The van der Waals surface area contributed by atoms with Gasteiger partial charge in [-0.15, -0.1) is 0 Å². The first-order chi connectivity index (χ1) is 24.8. The number of aliphatic hydroxyl groups is 1. The first kappa shape index (κ1) is 33.1. The zero-order valence-corrected chi connectivity index (χ0v) is 28.5. The summed E-state index contributed by atoms with van der Waals surface area (Å²) in [6, 6.07) is 13.3. The first-order valence-corrected chi connectivity index (χ1v) is 18.5. The maximum absolute atomic E-state index is 15.2. The summed E-state index contributed by atoms with van der Waals surface area (Å²) in [4.78, 5) is 51.2. The second-order valence-electron chi connectivity index (χ2n) is 15.3. The molecule has 4 saturated heterocycles. The van der Waals surface area contributed by atoms with Crippen LogP contribution in [0.5, 0.6) is 5.75 Å². The van der Waals surface area contributed by atoms with Crippen molar-refractivity contribution in [2.24, 2.45) is 17.3 Å². The molecular weight excluding hydrogens is 654 g/mol. The number of fused-ring (bicyclic) bond motifs is 4. The van der Waals surface area contributed by atoms with Crippen LogP contribution in [0.2, 0.25) is 0 Å². The molecule has 7 fully saturated rings. The molecule has 0 unspecified atom stereocenters. The van der Waals surface area contributed by atoms with Crippen molar-refractivity contribution in [3.63, 3.8) is 0 Å². The van der Waals surface area contributed by atoms with Crippen molar-refractivity contribution in [1.82, 2.24) is 15.3 Å². The number of aliphatic hydroxyl groups excluding tert-OH is 1. The van der Waals surface area contributed by atoms with Crippen LogP contribution in [0.15, 0.2) is 54.6 Å². The molecule has 7 aliphatic rings. The number of nitrogens with zero attached hydrogens (tertiary/aromatic N) is 2. The summed E-state index contributed by atoms with van der Waals surface area (Å²) < 4.78 is 20.1. The third-order valence-electron chi connectivity index (χ3n) is 12.1. The van der Waals surface area contributed by atoms with E-state index in [4.69, 9.17) is 19.0 Å². The number of nitrogens with one attached hydrogen (secondary N) is 1. The first-order valence-electron chi connectivity index (χ1n) is 18.5. The fraction of sp³-hybridized carbons (Fsp3) is 0.564. The van der Waals surface area contributed by atoms with Crippen LogP contribution >= 0.6 is 0 Å². The number of esters is 1. The van der Waals surface area contributed by atoms with Crippen molar-refractivity contribution in [3.8, 4) is 5.75 Å². The fourth-order valence-electron chi connectivity index (χ4n) is 9.50. The Kier molecular flexibility index (Phi) is 8.23. The van der Waals surface area contributed by atoms with Crippen molar-refractivity contribution in [1.29, 1.82) is 0 Å². The highest BCUT2D eigenvalue weighted by atomic mass is 16.8. The van der Waals surface area contributed by atoms with Crippen LogP contribution in [0, 0.1) is 17.3 Å². The van der Waals surface area contributed by atoms with Gasteiger partial charge in [-0.05, 0) is 67.7 Å². The molecule has 3 aliphatic carbocycles. The standard InChI is InChI=1S/C39H45N3O9/c43-20-18-40-35(45)28-12-6-19-41(28)37(47)38-21-30-31-32(50-39(49-31,26-14-15-26)27-16-17-27)34(38)51-42(33(38)36(46)48-30)22-25-9-2-1-7-23(25)10-5-11-24-8-3-4-13-29(24)44/h1-5,7-10,13,26-28,30-34,43-44H,6,11-12,14-22H2,(H,40,45)/t28-,30-,31+,32+,33+,34-,38+/m1/s1. The quantitative estimate of drug-likeness (QED) is 0.300. The lowest BCUT2D eigenvalue weighted by molar-refractivity contribution is -0.235. The van der Waals surface area contributed by atoms with Gasteiger partial charge in [0.25, 0.3) is 0 Å². The monoisotopic (exact) mass is 699 g/mol. The van der Waals surface area contributed by atoms with Gasteiger partial charge in [-0.3, -0.25) is 19.2 Å². The Bertz CT molecular complexity index is 1730. The molecule has 2 amide bonds. The second kappa shape index (κ2) is 12.7. The lowest BCUT2D eigenvalue weighted by Crippen LogP contribution is -2.70. The van der Waals surface area contributed by atoms with Crippen molar-refractivity contribution in [3.05, 3.63) is 71.3 Å². The summed E-state index contributed by atoms with van der Waals surface area (Å²) in [6.45, 7) is 0.467. The van der Waals surface area contributed by atoms with Crippen LogP contribution in [0.25, 0.3) is 6.08 Å². The Labute approximate surface area is 296 Å². The number of aromatic hydroxyl groups is 1. The van der Waals surface area contributed by atoms with Gasteiger partial charge in [0.05, 0.1) is 13.2 Å². The highest BCUT2D eigenvalue weighted by molar-refractivity contribution is 5.96. The Hall–Kier alpha value is -3.81. The lowest BCUT2D eigenvalue weighted by atomic mass is 9.62. The zero-order chi connectivity index (χ0) is 34.9. The predicted octanol–water partition coefficient (Wildman–Crippen LogP) is 2.85. The number of rotatable bonds is 11. The van der Waals surface area contributed by atoms with Gasteiger partial charge in [0, 0.05) is 31.3 Å². The smallest absolute Gasteiger partial charge is 0.327 e. The normalized spacial score (nSPS) is 33.7. The van der Waals surface area contributed by atoms with Crippen LogP contribution in [0.4, 0.5) is 0 Å². The molecule has 0 aromatic heterocycles. The van der Waals surface area contributed by atoms with Crippen LogP contribution in [-0.4, -0.2) is 99.9 Å². The molecule has 2 aromatic carbocycles. The Morgan fingerprint density at radius 1 is 0.961 bits per heavy atom. The van der Waals surface area contributed by atoms with E-state index in [1.807, 2.05) is 48.6 Å². The third-order valence-corrected chi connectivity index (χ3v) is 12.1. The number of likely N-dealkylation sites (tertiary alicyclic amines) is 1. The van der Waals surface area contributed by atoms with E-state index in [0.29, 0.717) is 25.8 Å². The van der Waals surface area contributed by atoms with E-state index in [1.165, 1.54) is 0 Å². The molecule has 51 heavy (non-hydrogen) atoms. The maximum atomic E-state index is 15.2. The van der Waals surface area contributed by atoms with E-state index < -0.39 is 53.7 Å². The molecule has 12 heteroatoms. The number of para-hydroxylation sites is 1. The maximum Gasteiger partial charge on any atom is 0.327 e. The second-order valence-corrected chi connectivity index (χ2v) is 15.3. The van der Waals surface area contributed by atoms with E-state index in [1.54, 1.807) is 22.1 Å². The number of ether oxygens (including phenoxy) is 3. The fourth-order valence-corrected chi connectivity index (χ4v) is 9.50. The third kappa shape index (κ3) is 5.40. The summed E-state index contributed by atoms with van der Waals surface area (Å²) in [5.74, 6) is -1.14. The molecule has 4 heterocycles. The van der Waals surface area contributed by atoms with Crippen molar-refractivity contribution < 1.29 is 43.6 Å². The zero-order valence-electron chi connectivity index (χ0n) is 28.5. The van der Waals surface area contributed by atoms with E-state index in [9.17, 15) is 19.8 Å². The number of benzene rings is 2. The van der Waals surface area contributed by atoms with E-state index >= 15 is 4.79 Å². The number of hydrogen-bond donors (Lipinski definition) is 3. The van der Waals surface area contributed by atoms with E-state index in [-0.39, 0.29) is 55.5 Å². The van der Waals surface area contributed by atoms with Gasteiger partial charge in [-0.25, -0.2) is 0 Å². The summed E-state index contributed by atoms with van der Waals surface area (Å²) in [5, 5.41) is 24.0. The number of amides is 2. The van der Waals surface area contributed by atoms with Crippen molar-refractivity contribution >= 4 is 23.9 Å². The molecule has 3 saturated carbocycles. The summed E-state index contributed by atoms with van der Waals surface area (Å²) >= 11 is 0. The van der Waals surface area contributed by atoms with Crippen molar-refractivity contribution in [2.45, 2.75) is 100 Å². The van der Waals surface area contributed by atoms with Gasteiger partial charge in [-0.2, -0.15) is 5.06 Å². The molecule has 4 aliphatic heterocycles. The van der Waals surface area contributed by atoms with E-state index in [2.05, 4.69) is 5.32 Å². The Balaban J connectivity index is 1.06. The highest BCUT2D eigenvalue weighted by Crippen LogP contribution is 2.64. The topological polar surface area (TPSA) is 147 Å². The number of phenolic OH excluding ortho intramolecular Hbond substituents is 1. The minimum atomic E-state index is -1.36. The SMILES string of the molecule is O=C(NCCO)[C@H]1CCCN1C(=O)[C@@]12C[C@H]3OC(=O)[C@@H]1N(Cc1ccccc1C=CCc1ccccc1O)O[C@@H]2[C@H]1OC(C2CC2)(C2CC2)O[C@H]13. The number of hydrogen-bond acceptors (Lipinski definition) is 10. The molecule has 12 nitrogen and oxygen atoms in total. The van der Waals surface area contributed by atoms with Gasteiger partial charge in [0.2, 0.25) is 11.8 Å². The molecule has 2 bridgehead atoms. The Morgan fingerprint density at radius 2 is 1.69 bits per heavy atom. The molecule has 0 spiro atoms. The van der Waals surface area contributed by atoms with E-state index in [0.717, 1.165) is 42.4 Å². The Morgan fingerprint density at radius 3 is 2.43 bits per heavy atom. The lowest BCUT2D eigenvalue weighted by Gasteiger charge is -2.50. The minimum Gasteiger partial charge on any atom is -0.508 e. The largest absolute Gasteiger partial charge is 0.508 e. The predicted molar refractivity (Wildman–Crippen MR) is 181 cm³/mol. The van der Waals surface area contributed by atoms with Crippen molar-refractivity contribution in [2.75, 3.05) is 19.7 Å².